The van der Waals surface area contributed by atoms with Gasteiger partial charge in [0.25, 0.3) is 5.91 Å². The molecule has 2 amide bonds. The van der Waals surface area contributed by atoms with E-state index in [1.165, 1.54) is 23.5 Å². The first kappa shape index (κ1) is 19.7. The molecule has 7 heteroatoms. The Morgan fingerprint density at radius 1 is 1.04 bits per heavy atom. The van der Waals surface area contributed by atoms with Crippen LogP contribution in [-0.4, -0.2) is 23.3 Å². The summed E-state index contributed by atoms with van der Waals surface area (Å²) in [6.07, 6.45) is 0.196. The molecule has 1 heterocycles. The van der Waals surface area contributed by atoms with Gasteiger partial charge in [0.1, 0.15) is 15.7 Å². The van der Waals surface area contributed by atoms with Crippen LogP contribution in [0.3, 0.4) is 0 Å². The van der Waals surface area contributed by atoms with Crippen LogP contribution in [-0.2, 0) is 11.3 Å². The average Bonchev–Trinajstić information content (AvgIpc) is 3.09. The van der Waals surface area contributed by atoms with Gasteiger partial charge < -0.3 is 10.6 Å². The lowest BCUT2D eigenvalue weighted by atomic mass is 10.2. The zero-order valence-corrected chi connectivity index (χ0v) is 16.2. The Kier molecular flexibility index (Phi) is 6.49. The molecule has 0 aliphatic carbocycles. The molecule has 0 spiro atoms. The molecular formula is C21H20FN3O2S. The minimum atomic E-state index is -0.319. The number of rotatable bonds is 7. The largest absolute Gasteiger partial charge is 0.352 e. The lowest BCUT2D eigenvalue weighted by molar-refractivity contribution is -0.121. The topological polar surface area (TPSA) is 71.1 Å². The van der Waals surface area contributed by atoms with Gasteiger partial charge in [0, 0.05) is 25.1 Å². The summed E-state index contributed by atoms with van der Waals surface area (Å²) in [5, 5.41) is 6.23. The molecule has 0 radical (unpaired) electrons. The Morgan fingerprint density at radius 2 is 1.75 bits per heavy atom. The maximum Gasteiger partial charge on any atom is 0.263 e. The number of thiazole rings is 1. The van der Waals surface area contributed by atoms with E-state index >= 15 is 0 Å². The first-order valence-corrected chi connectivity index (χ1v) is 9.67. The SMILES string of the molecule is Cc1nc(-c2ccc(F)cc2)sc1C(=O)NCCC(=O)NCc1ccccc1. The summed E-state index contributed by atoms with van der Waals surface area (Å²) < 4.78 is 13.1. The lowest BCUT2D eigenvalue weighted by Crippen LogP contribution is -2.30. The van der Waals surface area contributed by atoms with Crippen LogP contribution >= 0.6 is 11.3 Å². The summed E-state index contributed by atoms with van der Waals surface area (Å²) >= 11 is 1.25. The maximum atomic E-state index is 13.1. The Balaban J connectivity index is 1.49. The van der Waals surface area contributed by atoms with E-state index in [9.17, 15) is 14.0 Å². The number of halogens is 1. The molecule has 0 saturated carbocycles. The Bertz CT molecular complexity index is 956. The molecule has 144 valence electrons. The van der Waals surface area contributed by atoms with Gasteiger partial charge in [-0.25, -0.2) is 9.37 Å². The Morgan fingerprint density at radius 3 is 2.46 bits per heavy atom. The third kappa shape index (κ3) is 5.23. The maximum absolute atomic E-state index is 13.1. The minimum absolute atomic E-state index is 0.128. The van der Waals surface area contributed by atoms with Gasteiger partial charge in [0.2, 0.25) is 5.91 Å². The molecule has 2 aromatic carbocycles. The number of hydrogen-bond donors (Lipinski definition) is 2. The van der Waals surface area contributed by atoms with Crippen LogP contribution in [0.25, 0.3) is 10.6 Å². The summed E-state index contributed by atoms with van der Waals surface area (Å²) in [5.74, 6) is -0.711. The van der Waals surface area contributed by atoms with E-state index in [2.05, 4.69) is 15.6 Å². The van der Waals surface area contributed by atoms with E-state index in [1.54, 1.807) is 19.1 Å². The number of aromatic nitrogens is 1. The number of aryl methyl sites for hydroxylation is 1. The molecular weight excluding hydrogens is 377 g/mol. The second-order valence-electron chi connectivity index (χ2n) is 6.21. The van der Waals surface area contributed by atoms with Crippen molar-refractivity contribution in [3.8, 4) is 10.6 Å². The second-order valence-corrected chi connectivity index (χ2v) is 7.21. The summed E-state index contributed by atoms with van der Waals surface area (Å²) in [4.78, 5) is 29.2. The van der Waals surface area contributed by atoms with Gasteiger partial charge in [-0.15, -0.1) is 11.3 Å². The standard InChI is InChI=1S/C21H20FN3O2S/c1-14-19(28-21(25-14)16-7-9-17(22)10-8-16)20(27)23-12-11-18(26)24-13-15-5-3-2-4-6-15/h2-10H,11-13H2,1H3,(H,23,27)(H,24,26). The summed E-state index contributed by atoms with van der Waals surface area (Å²) in [7, 11) is 0. The zero-order valence-electron chi connectivity index (χ0n) is 15.4. The number of nitrogens with one attached hydrogen (secondary N) is 2. The van der Waals surface area contributed by atoms with E-state index in [4.69, 9.17) is 0 Å². The third-order valence-electron chi connectivity index (χ3n) is 4.06. The molecule has 0 saturated heterocycles. The highest BCUT2D eigenvalue weighted by molar-refractivity contribution is 7.17. The summed E-state index contributed by atoms with van der Waals surface area (Å²) in [5.41, 5.74) is 2.39. The predicted octanol–water partition coefficient (Wildman–Crippen LogP) is 3.69. The number of nitrogens with zero attached hydrogens (tertiary/aromatic N) is 1. The van der Waals surface area contributed by atoms with E-state index in [0.717, 1.165) is 11.1 Å². The fourth-order valence-corrected chi connectivity index (χ4v) is 3.57. The van der Waals surface area contributed by atoms with E-state index in [-0.39, 0.29) is 30.6 Å². The van der Waals surface area contributed by atoms with Crippen molar-refractivity contribution in [1.82, 2.24) is 15.6 Å². The Labute approximate surface area is 166 Å². The number of amides is 2. The molecule has 3 rings (SSSR count). The highest BCUT2D eigenvalue weighted by Crippen LogP contribution is 2.27. The molecule has 3 aromatic rings. The first-order valence-electron chi connectivity index (χ1n) is 8.85. The lowest BCUT2D eigenvalue weighted by Gasteiger charge is -2.06. The van der Waals surface area contributed by atoms with Crippen LogP contribution < -0.4 is 10.6 Å². The summed E-state index contributed by atoms with van der Waals surface area (Å²) in [6.45, 7) is 2.45. The highest BCUT2D eigenvalue weighted by atomic mass is 32.1. The predicted molar refractivity (Wildman–Crippen MR) is 107 cm³/mol. The van der Waals surface area contributed by atoms with Gasteiger partial charge in [0.05, 0.1) is 5.69 Å². The van der Waals surface area contributed by atoms with Crippen LogP contribution in [0.4, 0.5) is 4.39 Å². The number of hydrogen-bond acceptors (Lipinski definition) is 4. The van der Waals surface area contributed by atoms with Crippen molar-refractivity contribution in [3.05, 3.63) is 76.5 Å². The van der Waals surface area contributed by atoms with Crippen LogP contribution in [0.1, 0.15) is 27.3 Å². The van der Waals surface area contributed by atoms with Gasteiger partial charge in [-0.2, -0.15) is 0 Å². The molecule has 0 fully saturated rings. The highest BCUT2D eigenvalue weighted by Gasteiger charge is 2.16. The van der Waals surface area contributed by atoms with Crippen molar-refractivity contribution >= 4 is 23.2 Å². The van der Waals surface area contributed by atoms with Crippen LogP contribution in [0, 0.1) is 12.7 Å². The van der Waals surface area contributed by atoms with Gasteiger partial charge in [-0.1, -0.05) is 30.3 Å². The van der Waals surface area contributed by atoms with Crippen LogP contribution in [0.2, 0.25) is 0 Å². The third-order valence-corrected chi connectivity index (χ3v) is 5.27. The van der Waals surface area contributed by atoms with Crippen LogP contribution in [0.5, 0.6) is 0 Å². The van der Waals surface area contributed by atoms with Crippen molar-refractivity contribution < 1.29 is 14.0 Å². The molecule has 28 heavy (non-hydrogen) atoms. The summed E-state index contributed by atoms with van der Waals surface area (Å²) in [6, 6.07) is 15.6. The molecule has 0 atom stereocenters. The van der Waals surface area contributed by atoms with E-state index in [1.807, 2.05) is 30.3 Å². The number of benzene rings is 2. The fourth-order valence-electron chi connectivity index (χ4n) is 2.58. The average molecular weight is 397 g/mol. The van der Waals surface area contributed by atoms with E-state index in [0.29, 0.717) is 22.1 Å². The molecule has 5 nitrogen and oxygen atoms in total. The van der Waals surface area contributed by atoms with E-state index < -0.39 is 0 Å². The van der Waals surface area contributed by atoms with Crippen molar-refractivity contribution in [3.63, 3.8) is 0 Å². The fraction of sp³-hybridized carbons (Fsp3) is 0.190. The minimum Gasteiger partial charge on any atom is -0.352 e. The van der Waals surface area contributed by atoms with Gasteiger partial charge in [-0.05, 0) is 36.8 Å². The van der Waals surface area contributed by atoms with Gasteiger partial charge in [0.15, 0.2) is 0 Å². The molecule has 0 aliphatic rings. The second kappa shape index (κ2) is 9.23. The van der Waals surface area contributed by atoms with Crippen molar-refractivity contribution in [2.45, 2.75) is 19.9 Å². The smallest absolute Gasteiger partial charge is 0.263 e. The molecule has 0 unspecified atom stereocenters. The molecule has 0 aliphatic heterocycles. The van der Waals surface area contributed by atoms with Gasteiger partial charge in [-0.3, -0.25) is 9.59 Å². The van der Waals surface area contributed by atoms with Crippen molar-refractivity contribution in [2.24, 2.45) is 0 Å². The number of carbonyl (C=O) groups excluding carboxylic acids is 2. The molecule has 0 bridgehead atoms. The monoisotopic (exact) mass is 397 g/mol. The first-order chi connectivity index (χ1) is 13.5. The molecule has 1 aromatic heterocycles. The van der Waals surface area contributed by atoms with Crippen molar-refractivity contribution in [1.29, 1.82) is 0 Å². The van der Waals surface area contributed by atoms with Crippen molar-refractivity contribution in [2.75, 3.05) is 6.54 Å². The molecule has 2 N–H and O–H groups in total. The number of carbonyl (C=O) groups is 2. The zero-order chi connectivity index (χ0) is 19.9. The van der Waals surface area contributed by atoms with Gasteiger partial charge >= 0.3 is 0 Å². The Hall–Kier alpha value is -3.06. The van der Waals surface area contributed by atoms with Crippen LogP contribution in [0.15, 0.2) is 54.6 Å². The quantitative estimate of drug-likeness (QED) is 0.639. The normalized spacial score (nSPS) is 10.5.